The van der Waals surface area contributed by atoms with Crippen LogP contribution in [0.25, 0.3) is 0 Å². The van der Waals surface area contributed by atoms with Crippen LogP contribution >= 0.6 is 0 Å². The number of aliphatic hydroxyl groups is 1. The minimum absolute atomic E-state index is 0.0126. The Morgan fingerprint density at radius 2 is 1.68 bits per heavy atom. The van der Waals surface area contributed by atoms with E-state index in [-0.39, 0.29) is 24.9 Å². The van der Waals surface area contributed by atoms with Gasteiger partial charge in [0.25, 0.3) is 0 Å². The fraction of sp³-hybridized carbons (Fsp3) is 1.00. The number of rotatable bonds is 13. The van der Waals surface area contributed by atoms with Crippen molar-refractivity contribution in [3.05, 3.63) is 0 Å². The topological polar surface area (TPSA) is 47.9 Å². The number of ether oxygens (including phenoxy) is 3. The van der Waals surface area contributed by atoms with Crippen molar-refractivity contribution in [3.8, 4) is 0 Å². The number of hydrogen-bond donors (Lipinski definition) is 1. The van der Waals surface area contributed by atoms with Gasteiger partial charge in [-0.1, -0.05) is 58.3 Å². The van der Waals surface area contributed by atoms with Crippen LogP contribution in [0.4, 0.5) is 0 Å². The summed E-state index contributed by atoms with van der Waals surface area (Å²) in [5.41, 5.74) is 0. The summed E-state index contributed by atoms with van der Waals surface area (Å²) in [6.07, 6.45) is 13.6. The molecule has 0 aliphatic carbocycles. The molecule has 1 saturated heterocycles. The molecule has 0 saturated carbocycles. The molecule has 0 aromatic rings. The lowest BCUT2D eigenvalue weighted by atomic mass is 9.96. The van der Waals surface area contributed by atoms with Crippen LogP contribution in [0.2, 0.25) is 0 Å². The van der Waals surface area contributed by atoms with Crippen molar-refractivity contribution >= 4 is 0 Å². The quantitative estimate of drug-likeness (QED) is 0.411. The second kappa shape index (κ2) is 13.3. The third-order valence-electron chi connectivity index (χ3n) is 4.50. The Labute approximate surface area is 136 Å². The largest absolute Gasteiger partial charge is 0.394 e. The predicted molar refractivity (Wildman–Crippen MR) is 89.0 cm³/mol. The molecule has 1 rings (SSSR count). The Balaban J connectivity index is 2.15. The molecule has 4 nitrogen and oxygen atoms in total. The molecule has 0 aromatic heterocycles. The molecule has 1 fully saturated rings. The van der Waals surface area contributed by atoms with Crippen LogP contribution in [0.5, 0.6) is 0 Å². The summed E-state index contributed by atoms with van der Waals surface area (Å²) < 4.78 is 16.7. The molecule has 0 spiro atoms. The van der Waals surface area contributed by atoms with E-state index in [9.17, 15) is 5.11 Å². The van der Waals surface area contributed by atoms with Crippen molar-refractivity contribution < 1.29 is 19.3 Å². The van der Waals surface area contributed by atoms with Gasteiger partial charge in [-0.15, -0.1) is 0 Å². The van der Waals surface area contributed by atoms with E-state index < -0.39 is 0 Å². The highest BCUT2D eigenvalue weighted by atomic mass is 16.7. The number of hydrogen-bond acceptors (Lipinski definition) is 4. The molecule has 0 aromatic carbocycles. The molecule has 1 heterocycles. The van der Waals surface area contributed by atoms with E-state index in [0.29, 0.717) is 6.79 Å². The van der Waals surface area contributed by atoms with Crippen molar-refractivity contribution in [2.45, 2.75) is 95.9 Å². The van der Waals surface area contributed by atoms with Gasteiger partial charge < -0.3 is 19.3 Å². The molecule has 0 bridgehead atoms. The van der Waals surface area contributed by atoms with E-state index in [1.807, 2.05) is 0 Å². The van der Waals surface area contributed by atoms with Gasteiger partial charge in [-0.25, -0.2) is 0 Å². The zero-order chi connectivity index (χ0) is 16.0. The summed E-state index contributed by atoms with van der Waals surface area (Å²) in [6, 6.07) is 0. The number of aliphatic hydroxyl groups excluding tert-OH is 1. The lowest BCUT2D eigenvalue weighted by Crippen LogP contribution is -2.42. The molecule has 22 heavy (non-hydrogen) atoms. The molecule has 1 aliphatic heterocycles. The Kier molecular flexibility index (Phi) is 12.0. The van der Waals surface area contributed by atoms with Gasteiger partial charge in [0.15, 0.2) is 0 Å². The molecular formula is C18H36O4. The minimum Gasteiger partial charge on any atom is -0.394 e. The summed E-state index contributed by atoms with van der Waals surface area (Å²) in [6.45, 7) is 2.70. The van der Waals surface area contributed by atoms with Gasteiger partial charge in [0.05, 0.1) is 24.9 Å². The van der Waals surface area contributed by atoms with Gasteiger partial charge in [-0.3, -0.25) is 0 Å². The van der Waals surface area contributed by atoms with Gasteiger partial charge in [0, 0.05) is 7.11 Å². The lowest BCUT2D eigenvalue weighted by molar-refractivity contribution is -0.179. The fourth-order valence-corrected chi connectivity index (χ4v) is 3.15. The van der Waals surface area contributed by atoms with E-state index in [1.54, 1.807) is 7.11 Å². The van der Waals surface area contributed by atoms with Crippen LogP contribution in [-0.2, 0) is 14.2 Å². The van der Waals surface area contributed by atoms with Gasteiger partial charge in [-0.2, -0.15) is 0 Å². The van der Waals surface area contributed by atoms with E-state index in [0.717, 1.165) is 19.3 Å². The van der Waals surface area contributed by atoms with Gasteiger partial charge in [0.2, 0.25) is 0 Å². The fourth-order valence-electron chi connectivity index (χ4n) is 3.15. The summed E-state index contributed by atoms with van der Waals surface area (Å²) >= 11 is 0. The highest BCUT2D eigenvalue weighted by Crippen LogP contribution is 2.26. The van der Waals surface area contributed by atoms with Gasteiger partial charge >= 0.3 is 0 Å². The molecule has 132 valence electrons. The standard InChI is InChI=1S/C18H36O4/c1-3-4-5-6-7-8-9-10-11-18-17(21-15-20-2)13-12-16(14-19)22-18/h16-19H,3-15H2,1-2H3/t16-,17+,18-/m0/s1. The lowest BCUT2D eigenvalue weighted by Gasteiger charge is -2.35. The molecule has 0 unspecified atom stereocenters. The molecule has 1 aliphatic rings. The highest BCUT2D eigenvalue weighted by Gasteiger charge is 2.31. The third kappa shape index (κ3) is 8.47. The second-order valence-electron chi connectivity index (χ2n) is 6.43. The highest BCUT2D eigenvalue weighted by molar-refractivity contribution is 4.79. The first-order valence-electron chi connectivity index (χ1n) is 9.18. The molecule has 4 heteroatoms. The first-order chi connectivity index (χ1) is 10.8. The van der Waals surface area contributed by atoms with Crippen LogP contribution in [0.1, 0.15) is 77.6 Å². The van der Waals surface area contributed by atoms with Crippen LogP contribution in [0.15, 0.2) is 0 Å². The summed E-state index contributed by atoms with van der Waals surface area (Å²) in [5, 5.41) is 9.29. The first-order valence-corrected chi connectivity index (χ1v) is 9.18. The Morgan fingerprint density at radius 3 is 2.32 bits per heavy atom. The molecule has 0 amide bonds. The summed E-state index contributed by atoms with van der Waals surface area (Å²) in [7, 11) is 1.65. The van der Waals surface area contributed by atoms with Crippen molar-refractivity contribution in [2.24, 2.45) is 0 Å². The zero-order valence-corrected chi connectivity index (χ0v) is 14.6. The Morgan fingerprint density at radius 1 is 1.00 bits per heavy atom. The molecule has 0 radical (unpaired) electrons. The van der Waals surface area contributed by atoms with Crippen LogP contribution in [0.3, 0.4) is 0 Å². The SMILES string of the molecule is CCCCCCCCCC[C@@H]1O[C@H](CO)CC[C@H]1OCOC. The third-order valence-corrected chi connectivity index (χ3v) is 4.50. The molecule has 3 atom stereocenters. The maximum absolute atomic E-state index is 9.29. The molecule has 1 N–H and O–H groups in total. The van der Waals surface area contributed by atoms with Crippen molar-refractivity contribution in [2.75, 3.05) is 20.5 Å². The van der Waals surface area contributed by atoms with Gasteiger partial charge in [-0.05, 0) is 19.3 Å². The molecular weight excluding hydrogens is 280 g/mol. The number of unbranched alkanes of at least 4 members (excludes halogenated alkanes) is 7. The maximum atomic E-state index is 9.29. The van der Waals surface area contributed by atoms with Crippen molar-refractivity contribution in [1.29, 1.82) is 0 Å². The Hall–Kier alpha value is -0.160. The van der Waals surface area contributed by atoms with Gasteiger partial charge in [0.1, 0.15) is 6.79 Å². The Bertz CT molecular complexity index is 247. The van der Waals surface area contributed by atoms with Crippen LogP contribution in [-0.4, -0.2) is 43.9 Å². The first kappa shape index (κ1) is 19.9. The van der Waals surface area contributed by atoms with Crippen molar-refractivity contribution in [3.63, 3.8) is 0 Å². The summed E-state index contributed by atoms with van der Waals surface area (Å²) in [5.74, 6) is 0. The van der Waals surface area contributed by atoms with Crippen LogP contribution < -0.4 is 0 Å². The second-order valence-corrected chi connectivity index (χ2v) is 6.43. The normalized spacial score (nSPS) is 25.5. The summed E-state index contributed by atoms with van der Waals surface area (Å²) in [4.78, 5) is 0. The van der Waals surface area contributed by atoms with Crippen molar-refractivity contribution in [1.82, 2.24) is 0 Å². The smallest absolute Gasteiger partial charge is 0.146 e. The predicted octanol–water partition coefficient (Wildman–Crippen LogP) is 4.05. The van der Waals surface area contributed by atoms with Crippen LogP contribution in [0, 0.1) is 0 Å². The van der Waals surface area contributed by atoms with E-state index >= 15 is 0 Å². The average Bonchev–Trinajstić information content (AvgIpc) is 2.55. The van der Waals surface area contributed by atoms with E-state index in [2.05, 4.69) is 6.92 Å². The van der Waals surface area contributed by atoms with E-state index in [4.69, 9.17) is 14.2 Å². The number of methoxy groups -OCH3 is 1. The average molecular weight is 316 g/mol. The minimum atomic E-state index is -0.0126. The zero-order valence-electron chi connectivity index (χ0n) is 14.6. The monoisotopic (exact) mass is 316 g/mol. The maximum Gasteiger partial charge on any atom is 0.146 e. The van der Waals surface area contributed by atoms with E-state index in [1.165, 1.54) is 51.4 Å².